The van der Waals surface area contributed by atoms with Gasteiger partial charge < -0.3 is 18.9 Å². The lowest BCUT2D eigenvalue weighted by Crippen LogP contribution is -2.43. The first kappa shape index (κ1) is 58.0. The number of ether oxygens (including phenoxy) is 4. The minimum Gasteiger partial charge on any atom is -0.465 e. The lowest BCUT2D eigenvalue weighted by Gasteiger charge is -2.30. The highest BCUT2D eigenvalue weighted by Crippen LogP contribution is 2.43. The summed E-state index contributed by atoms with van der Waals surface area (Å²) in [6.45, 7) is 7.97. The zero-order valence-electron chi connectivity index (χ0n) is 34.4. The van der Waals surface area contributed by atoms with E-state index in [2.05, 4.69) is 29.5 Å². The largest absolute Gasteiger partial charge is 0.465 e. The fourth-order valence-corrected chi connectivity index (χ4v) is 6.62. The maximum absolute atomic E-state index is 13.3. The zero-order valence-corrected chi connectivity index (χ0v) is 36.6. The van der Waals surface area contributed by atoms with Gasteiger partial charge in [-0.2, -0.15) is 43.9 Å². The zero-order chi connectivity index (χ0) is 45.1. The molecular formula is C39H63F10IO8. The van der Waals surface area contributed by atoms with Gasteiger partial charge in [0.25, 0.3) is 0 Å². The van der Waals surface area contributed by atoms with E-state index >= 15 is 0 Å². The van der Waals surface area contributed by atoms with Crippen molar-refractivity contribution in [3.8, 4) is 0 Å². The van der Waals surface area contributed by atoms with E-state index < -0.39 is 97.4 Å². The Hall–Kier alpha value is -2.09. The summed E-state index contributed by atoms with van der Waals surface area (Å²) < 4.78 is 149. The molecule has 58 heavy (non-hydrogen) atoms. The minimum absolute atomic E-state index is 0.00557. The Balaban J connectivity index is 0. The number of unbranched alkanes of at least 4 members (excludes halogenated alkanes) is 9. The maximum Gasteiger partial charge on any atom is 0.453 e. The van der Waals surface area contributed by atoms with E-state index in [1.165, 1.54) is 27.7 Å². The first-order chi connectivity index (χ1) is 27.0. The number of halogens is 11. The number of hydrogen-bond donors (Lipinski definition) is 0. The Bertz CT molecular complexity index is 1040. The van der Waals surface area contributed by atoms with Crippen molar-refractivity contribution in [3.05, 3.63) is 0 Å². The second kappa shape index (κ2) is 29.2. The van der Waals surface area contributed by atoms with Crippen LogP contribution in [0.5, 0.6) is 0 Å². The summed E-state index contributed by atoms with van der Waals surface area (Å²) in [5, 5.41) is 0. The van der Waals surface area contributed by atoms with Gasteiger partial charge in [-0.15, -0.1) is 0 Å². The predicted octanol–water partition coefficient (Wildman–Crippen LogP) is 12.5. The molecule has 0 radical (unpaired) electrons. The van der Waals surface area contributed by atoms with Gasteiger partial charge in [-0.25, -0.2) is 0 Å². The molecule has 0 aromatic heterocycles. The van der Waals surface area contributed by atoms with E-state index in [0.29, 0.717) is 25.7 Å². The predicted molar refractivity (Wildman–Crippen MR) is 206 cm³/mol. The van der Waals surface area contributed by atoms with Crippen molar-refractivity contribution in [1.29, 1.82) is 0 Å². The number of rotatable bonds is 30. The summed E-state index contributed by atoms with van der Waals surface area (Å²) in [7, 11) is 0. The van der Waals surface area contributed by atoms with Crippen LogP contribution in [0.25, 0.3) is 0 Å². The number of esters is 4. The van der Waals surface area contributed by atoms with Crippen molar-refractivity contribution in [2.45, 2.75) is 181 Å². The van der Waals surface area contributed by atoms with Crippen molar-refractivity contribution >= 4 is 46.5 Å². The molecular weight excluding hydrogens is 913 g/mol. The summed E-state index contributed by atoms with van der Waals surface area (Å²) in [6.07, 6.45) is -7.54. The summed E-state index contributed by atoms with van der Waals surface area (Å²) in [6, 6.07) is 0. The van der Waals surface area contributed by atoms with Gasteiger partial charge in [-0.1, -0.05) is 93.7 Å². The van der Waals surface area contributed by atoms with Crippen LogP contribution in [-0.2, 0) is 38.1 Å². The molecule has 0 aromatic carbocycles. The van der Waals surface area contributed by atoms with Gasteiger partial charge in [-0.3, -0.25) is 19.2 Å². The van der Waals surface area contributed by atoms with Crippen LogP contribution in [-0.4, -0.2) is 78.9 Å². The SMILES string of the molecule is CCCCCCCCC(CCCC(F)(F)C(F)(F)F)(C(=O)OCC)C(=O)OCC.CCOC(=O)C(CCCCCCCI)(CCCC(F)(F)C(F)(F)F)C(=O)OCC. The highest BCUT2D eigenvalue weighted by molar-refractivity contribution is 14.1. The summed E-state index contributed by atoms with van der Waals surface area (Å²) in [5.41, 5.74) is -3.73. The normalized spacial score (nSPS) is 12.7. The smallest absolute Gasteiger partial charge is 0.453 e. The van der Waals surface area contributed by atoms with E-state index in [1.54, 1.807) is 0 Å². The molecule has 0 saturated heterocycles. The highest BCUT2D eigenvalue weighted by Gasteiger charge is 2.58. The molecule has 0 fully saturated rings. The number of hydrogen-bond acceptors (Lipinski definition) is 8. The van der Waals surface area contributed by atoms with Crippen LogP contribution in [0.15, 0.2) is 0 Å². The van der Waals surface area contributed by atoms with E-state index in [4.69, 9.17) is 18.9 Å². The molecule has 0 spiro atoms. The molecule has 0 aliphatic carbocycles. The van der Waals surface area contributed by atoms with E-state index in [9.17, 15) is 63.1 Å². The second-order valence-electron chi connectivity index (χ2n) is 13.9. The molecule has 8 nitrogen and oxygen atoms in total. The molecule has 0 unspecified atom stereocenters. The van der Waals surface area contributed by atoms with Crippen LogP contribution in [0.3, 0.4) is 0 Å². The van der Waals surface area contributed by atoms with Gasteiger partial charge in [-0.05, 0) is 77.1 Å². The molecule has 0 aliphatic heterocycles. The fourth-order valence-electron chi connectivity index (χ4n) is 6.08. The average molecular weight is 977 g/mol. The first-order valence-electron chi connectivity index (χ1n) is 20.1. The van der Waals surface area contributed by atoms with Crippen molar-refractivity contribution in [3.63, 3.8) is 0 Å². The number of carbonyl (C=O) groups is 4. The molecule has 0 bridgehead atoms. The molecule has 344 valence electrons. The van der Waals surface area contributed by atoms with Gasteiger partial charge in [0.1, 0.15) is 0 Å². The summed E-state index contributed by atoms with van der Waals surface area (Å²) >= 11 is 2.26. The molecule has 0 aliphatic rings. The lowest BCUT2D eigenvalue weighted by molar-refractivity contribution is -0.285. The van der Waals surface area contributed by atoms with E-state index in [1.807, 2.05) is 0 Å². The van der Waals surface area contributed by atoms with Crippen LogP contribution in [0.2, 0.25) is 0 Å². The fraction of sp³-hybridized carbons (Fsp3) is 0.897. The average Bonchev–Trinajstić information content (AvgIpc) is 3.12. The number of carbonyl (C=O) groups excluding carboxylic acids is 4. The molecule has 0 saturated carbocycles. The molecule has 19 heteroatoms. The Labute approximate surface area is 350 Å². The third-order valence-electron chi connectivity index (χ3n) is 9.38. The molecule has 0 N–H and O–H groups in total. The number of alkyl halides is 11. The van der Waals surface area contributed by atoms with Crippen molar-refractivity contribution in [2.75, 3.05) is 30.9 Å². The standard InChI is InChI=1S/C20H33F5O4.C19H30F5IO4/c1-4-7-8-9-10-11-13-18(16(26)28-5-2,17(27)29-6-3)14-12-15-19(21,22)20(23,24)25;1-3-28-15(26)17(16(27)29-4-2,11-8-6-5-7-9-14-25)12-10-13-18(20,21)19(22,23)24/h4-15H2,1-3H3;3-14H2,1-2H3. The lowest BCUT2D eigenvalue weighted by atomic mass is 9.77. The summed E-state index contributed by atoms with van der Waals surface area (Å²) in [5.74, 6) is -13.5. The van der Waals surface area contributed by atoms with Crippen LogP contribution in [0, 0.1) is 10.8 Å². The third-order valence-corrected chi connectivity index (χ3v) is 10.1. The monoisotopic (exact) mass is 976 g/mol. The Morgan fingerprint density at radius 3 is 0.897 bits per heavy atom. The maximum atomic E-state index is 13.3. The first-order valence-corrected chi connectivity index (χ1v) is 21.6. The Morgan fingerprint density at radius 1 is 0.379 bits per heavy atom. The van der Waals surface area contributed by atoms with Crippen molar-refractivity contribution < 1.29 is 82.0 Å². The van der Waals surface area contributed by atoms with Gasteiger partial charge in [0.15, 0.2) is 10.8 Å². The Morgan fingerprint density at radius 2 is 0.638 bits per heavy atom. The quantitative estimate of drug-likeness (QED) is 0.0133. The second-order valence-corrected chi connectivity index (χ2v) is 15.0. The highest BCUT2D eigenvalue weighted by atomic mass is 127. The molecule has 0 heterocycles. The minimum atomic E-state index is -5.68. The third kappa shape index (κ3) is 20.4. The molecule has 0 atom stereocenters. The summed E-state index contributed by atoms with van der Waals surface area (Å²) in [4.78, 5) is 50.3. The van der Waals surface area contributed by atoms with Gasteiger partial charge in [0, 0.05) is 12.8 Å². The van der Waals surface area contributed by atoms with Crippen LogP contribution >= 0.6 is 22.6 Å². The van der Waals surface area contributed by atoms with Crippen molar-refractivity contribution in [2.24, 2.45) is 10.8 Å². The van der Waals surface area contributed by atoms with E-state index in [-0.39, 0.29) is 39.3 Å². The van der Waals surface area contributed by atoms with Crippen LogP contribution in [0.1, 0.15) is 157 Å². The van der Waals surface area contributed by atoms with Gasteiger partial charge >= 0.3 is 48.1 Å². The topological polar surface area (TPSA) is 105 Å². The van der Waals surface area contributed by atoms with E-state index in [0.717, 1.165) is 49.4 Å². The van der Waals surface area contributed by atoms with Gasteiger partial charge in [0.05, 0.1) is 26.4 Å². The van der Waals surface area contributed by atoms with Crippen LogP contribution in [0.4, 0.5) is 43.9 Å². The molecule has 0 amide bonds. The molecule has 0 aromatic rings. The van der Waals surface area contributed by atoms with Gasteiger partial charge in [0.2, 0.25) is 0 Å². The molecule has 0 rings (SSSR count). The van der Waals surface area contributed by atoms with Crippen molar-refractivity contribution in [1.82, 2.24) is 0 Å². The Kier molecular flexibility index (Phi) is 29.2. The van der Waals surface area contributed by atoms with Crippen LogP contribution < -0.4 is 0 Å².